The molecule has 22 heavy (non-hydrogen) atoms. The third kappa shape index (κ3) is 2.61. The molecule has 1 heterocycles. The van der Waals surface area contributed by atoms with Crippen molar-refractivity contribution >= 4 is 17.7 Å². The summed E-state index contributed by atoms with van der Waals surface area (Å²) in [5.74, 6) is -0.668. The molecule has 0 saturated carbocycles. The summed E-state index contributed by atoms with van der Waals surface area (Å²) in [5, 5.41) is 2.61. The Labute approximate surface area is 127 Å². The molecule has 1 saturated heterocycles. The molecule has 2 aromatic rings. The average Bonchev–Trinajstić information content (AvgIpc) is 2.84. The number of urea groups is 1. The first-order valence-electron chi connectivity index (χ1n) is 6.92. The third-order valence-corrected chi connectivity index (χ3v) is 3.56. The molecular formula is C17H14N2O3. The molecule has 0 bridgehead atoms. The zero-order valence-electron chi connectivity index (χ0n) is 11.7. The van der Waals surface area contributed by atoms with Crippen LogP contribution in [0.1, 0.15) is 22.0 Å². The number of ketones is 1. The van der Waals surface area contributed by atoms with E-state index in [9.17, 15) is 14.4 Å². The van der Waals surface area contributed by atoms with E-state index in [1.165, 1.54) is 0 Å². The van der Waals surface area contributed by atoms with Gasteiger partial charge < -0.3 is 5.32 Å². The molecule has 3 amide bonds. The topological polar surface area (TPSA) is 66.5 Å². The van der Waals surface area contributed by atoms with Gasteiger partial charge in [0.1, 0.15) is 6.04 Å². The van der Waals surface area contributed by atoms with Gasteiger partial charge in [-0.25, -0.2) is 4.79 Å². The van der Waals surface area contributed by atoms with E-state index in [4.69, 9.17) is 0 Å². The first-order valence-corrected chi connectivity index (χ1v) is 6.92. The second kappa shape index (κ2) is 5.81. The molecule has 1 fully saturated rings. The highest BCUT2D eigenvalue weighted by Crippen LogP contribution is 2.21. The van der Waals surface area contributed by atoms with Crippen LogP contribution in [0.5, 0.6) is 0 Å². The Morgan fingerprint density at radius 3 is 2.18 bits per heavy atom. The van der Waals surface area contributed by atoms with Gasteiger partial charge in [0.25, 0.3) is 5.91 Å². The summed E-state index contributed by atoms with van der Waals surface area (Å²) in [6.45, 7) is -0.252. The maximum Gasteiger partial charge on any atom is 0.325 e. The van der Waals surface area contributed by atoms with Crippen molar-refractivity contribution in [3.8, 4) is 0 Å². The molecule has 110 valence electrons. The highest BCUT2D eigenvalue weighted by Gasteiger charge is 2.39. The van der Waals surface area contributed by atoms with Gasteiger partial charge in [-0.15, -0.1) is 0 Å². The minimum absolute atomic E-state index is 0.252. The van der Waals surface area contributed by atoms with Gasteiger partial charge in [0.05, 0.1) is 6.54 Å². The number of rotatable bonds is 4. The van der Waals surface area contributed by atoms with E-state index in [0.29, 0.717) is 11.1 Å². The molecule has 1 N–H and O–H groups in total. The van der Waals surface area contributed by atoms with E-state index >= 15 is 0 Å². The fraction of sp³-hybridized carbons (Fsp3) is 0.118. The van der Waals surface area contributed by atoms with Gasteiger partial charge in [0, 0.05) is 5.56 Å². The van der Waals surface area contributed by atoms with E-state index in [-0.39, 0.29) is 12.3 Å². The lowest BCUT2D eigenvalue weighted by atomic mass is 10.1. The Bertz CT molecular complexity index is 713. The second-order valence-electron chi connectivity index (χ2n) is 5.01. The maximum atomic E-state index is 12.4. The van der Waals surface area contributed by atoms with Crippen LogP contribution in [0.3, 0.4) is 0 Å². The van der Waals surface area contributed by atoms with Crippen molar-refractivity contribution in [1.82, 2.24) is 10.2 Å². The number of hydrogen-bond acceptors (Lipinski definition) is 3. The number of benzene rings is 2. The smallest absolute Gasteiger partial charge is 0.322 e. The summed E-state index contributed by atoms with van der Waals surface area (Å²) in [6.07, 6.45) is 0. The minimum atomic E-state index is -0.725. The summed E-state index contributed by atoms with van der Waals surface area (Å²) in [5.41, 5.74) is 1.18. The molecule has 1 aliphatic heterocycles. The van der Waals surface area contributed by atoms with Crippen molar-refractivity contribution in [2.45, 2.75) is 6.04 Å². The van der Waals surface area contributed by atoms with Gasteiger partial charge >= 0.3 is 6.03 Å². The summed E-state index contributed by atoms with van der Waals surface area (Å²) >= 11 is 0. The predicted molar refractivity (Wildman–Crippen MR) is 80.2 cm³/mol. The molecule has 5 nitrogen and oxygen atoms in total. The SMILES string of the molecule is O=C(CN1C(=O)NC(c2ccccc2)C1=O)c1ccccc1. The van der Waals surface area contributed by atoms with Gasteiger partial charge in [-0.3, -0.25) is 14.5 Å². The first-order chi connectivity index (χ1) is 10.7. The van der Waals surface area contributed by atoms with Crippen LogP contribution in [0.4, 0.5) is 4.79 Å². The van der Waals surface area contributed by atoms with Gasteiger partial charge in [-0.1, -0.05) is 60.7 Å². The van der Waals surface area contributed by atoms with Crippen molar-refractivity contribution in [3.05, 3.63) is 71.8 Å². The summed E-state index contributed by atoms with van der Waals surface area (Å²) in [4.78, 5) is 37.5. The lowest BCUT2D eigenvalue weighted by Crippen LogP contribution is -2.35. The third-order valence-electron chi connectivity index (χ3n) is 3.56. The van der Waals surface area contributed by atoms with Gasteiger partial charge in [-0.05, 0) is 5.56 Å². The largest absolute Gasteiger partial charge is 0.325 e. The minimum Gasteiger partial charge on any atom is -0.322 e. The molecular weight excluding hydrogens is 280 g/mol. The predicted octanol–water partition coefficient (Wildman–Crippen LogP) is 2.16. The average molecular weight is 294 g/mol. The van der Waals surface area contributed by atoms with Crippen LogP contribution in [0.25, 0.3) is 0 Å². The van der Waals surface area contributed by atoms with Gasteiger partial charge in [0.15, 0.2) is 5.78 Å². The molecule has 1 unspecified atom stereocenters. The normalized spacial score (nSPS) is 17.5. The molecule has 0 radical (unpaired) electrons. The number of carbonyl (C=O) groups is 3. The summed E-state index contributed by atoms with van der Waals surface area (Å²) < 4.78 is 0. The van der Waals surface area contributed by atoms with Crippen molar-refractivity contribution in [2.75, 3.05) is 6.54 Å². The number of imide groups is 1. The van der Waals surface area contributed by atoms with Crippen LogP contribution in [0.2, 0.25) is 0 Å². The first kappa shape index (κ1) is 14.0. The highest BCUT2D eigenvalue weighted by atomic mass is 16.2. The molecule has 5 heteroatoms. The van der Waals surface area contributed by atoms with E-state index in [1.54, 1.807) is 54.6 Å². The zero-order chi connectivity index (χ0) is 15.5. The number of Topliss-reactive ketones (excluding diaryl/α,β-unsaturated/α-hetero) is 1. The van der Waals surface area contributed by atoms with Crippen LogP contribution >= 0.6 is 0 Å². The van der Waals surface area contributed by atoms with E-state index in [1.807, 2.05) is 6.07 Å². The number of hydrogen-bond donors (Lipinski definition) is 1. The monoisotopic (exact) mass is 294 g/mol. The van der Waals surface area contributed by atoms with Gasteiger partial charge in [0.2, 0.25) is 0 Å². The Morgan fingerprint density at radius 1 is 0.955 bits per heavy atom. The van der Waals surface area contributed by atoms with E-state index < -0.39 is 18.0 Å². The van der Waals surface area contributed by atoms with Crippen molar-refractivity contribution in [1.29, 1.82) is 0 Å². The Balaban J connectivity index is 1.77. The van der Waals surface area contributed by atoms with Crippen molar-refractivity contribution in [3.63, 3.8) is 0 Å². The van der Waals surface area contributed by atoms with Crippen LogP contribution in [0.15, 0.2) is 60.7 Å². The van der Waals surface area contributed by atoms with E-state index in [2.05, 4.69) is 5.32 Å². The van der Waals surface area contributed by atoms with Gasteiger partial charge in [-0.2, -0.15) is 0 Å². The maximum absolute atomic E-state index is 12.4. The van der Waals surface area contributed by atoms with Crippen LogP contribution in [0, 0.1) is 0 Å². The fourth-order valence-electron chi connectivity index (χ4n) is 2.40. The number of amides is 3. The lowest BCUT2D eigenvalue weighted by molar-refractivity contribution is -0.127. The highest BCUT2D eigenvalue weighted by molar-refractivity contribution is 6.09. The molecule has 3 rings (SSSR count). The van der Waals surface area contributed by atoms with Crippen LogP contribution in [-0.4, -0.2) is 29.2 Å². The molecule has 0 aliphatic carbocycles. The standard InChI is InChI=1S/C17H14N2O3/c20-14(12-7-3-1-4-8-12)11-19-16(21)15(18-17(19)22)13-9-5-2-6-10-13/h1-10,15H,11H2,(H,18,22). The molecule has 1 atom stereocenters. The van der Waals surface area contributed by atoms with Crippen LogP contribution < -0.4 is 5.32 Å². The summed E-state index contributed by atoms with van der Waals surface area (Å²) in [6, 6.07) is 16.3. The van der Waals surface area contributed by atoms with Crippen LogP contribution in [-0.2, 0) is 4.79 Å². The number of nitrogens with one attached hydrogen (secondary N) is 1. The Hall–Kier alpha value is -2.95. The fourth-order valence-corrected chi connectivity index (χ4v) is 2.40. The summed E-state index contributed by atoms with van der Waals surface area (Å²) in [7, 11) is 0. The quantitative estimate of drug-likeness (QED) is 0.694. The number of nitrogens with zero attached hydrogens (tertiary/aromatic N) is 1. The molecule has 2 aromatic carbocycles. The van der Waals surface area contributed by atoms with Crippen molar-refractivity contribution < 1.29 is 14.4 Å². The van der Waals surface area contributed by atoms with Crippen molar-refractivity contribution in [2.24, 2.45) is 0 Å². The molecule has 1 aliphatic rings. The lowest BCUT2D eigenvalue weighted by Gasteiger charge is -2.12. The molecule has 0 spiro atoms. The second-order valence-corrected chi connectivity index (χ2v) is 5.01. The zero-order valence-corrected chi connectivity index (χ0v) is 11.7. The number of carbonyl (C=O) groups excluding carboxylic acids is 3. The Kier molecular flexibility index (Phi) is 3.70. The van der Waals surface area contributed by atoms with E-state index in [0.717, 1.165) is 4.90 Å². The molecule has 0 aromatic heterocycles. The Morgan fingerprint density at radius 2 is 1.55 bits per heavy atom.